The van der Waals surface area contributed by atoms with Gasteiger partial charge in [-0.15, -0.1) is 0 Å². The van der Waals surface area contributed by atoms with Crippen molar-refractivity contribution in [2.24, 2.45) is 4.99 Å². The molecule has 0 aliphatic carbocycles. The van der Waals surface area contributed by atoms with Crippen molar-refractivity contribution in [3.05, 3.63) is 223 Å². The molecule has 8 aromatic carbocycles. The summed E-state index contributed by atoms with van der Waals surface area (Å²) in [6.07, 6.45) is 10.6. The van der Waals surface area contributed by atoms with Gasteiger partial charge in [0, 0.05) is 29.0 Å². The summed E-state index contributed by atoms with van der Waals surface area (Å²) in [5.41, 5.74) is 11.3. The Hall–Kier alpha value is -7.36. The number of fused-ring (bicyclic) bond motifs is 5. The Morgan fingerprint density at radius 1 is 0.534 bits per heavy atom. The maximum absolute atomic E-state index is 5.43. The van der Waals surface area contributed by atoms with Crippen LogP contribution < -0.4 is 5.32 Å². The van der Waals surface area contributed by atoms with Crippen molar-refractivity contribution in [3.8, 4) is 22.3 Å². The normalized spacial score (nSPS) is 14.8. The molecule has 1 N–H and O–H groups in total. The number of amidine groups is 1. The van der Waals surface area contributed by atoms with Crippen LogP contribution in [-0.2, 0) is 0 Å². The quantitative estimate of drug-likeness (QED) is 0.130. The van der Waals surface area contributed by atoms with Crippen LogP contribution in [0.1, 0.15) is 36.6 Å². The Morgan fingerprint density at radius 2 is 1.22 bits per heavy atom. The van der Waals surface area contributed by atoms with Gasteiger partial charge in [-0.3, -0.25) is 9.98 Å². The van der Waals surface area contributed by atoms with Crippen molar-refractivity contribution in [1.82, 2.24) is 10.3 Å². The molecule has 9 aromatic rings. The minimum atomic E-state index is -0.210. The first kappa shape index (κ1) is 35.1. The fourth-order valence-corrected chi connectivity index (χ4v) is 8.44. The summed E-state index contributed by atoms with van der Waals surface area (Å²) in [5, 5.41) is 13.6. The number of aliphatic imine (C=N–C) groups is 1. The van der Waals surface area contributed by atoms with E-state index >= 15 is 0 Å². The van der Waals surface area contributed by atoms with E-state index in [2.05, 4.69) is 212 Å². The zero-order chi connectivity index (χ0) is 39.0. The minimum absolute atomic E-state index is 0.210. The summed E-state index contributed by atoms with van der Waals surface area (Å²) in [6, 6.07) is 60.9. The van der Waals surface area contributed by atoms with Crippen molar-refractivity contribution in [2.45, 2.75) is 19.9 Å². The maximum atomic E-state index is 5.43. The highest BCUT2D eigenvalue weighted by Gasteiger charge is 2.21. The van der Waals surface area contributed by atoms with Crippen LogP contribution in [0.4, 0.5) is 0 Å². The standard InChI is InChI=1S/C55H41N3/c1-3-37(42-28-23-38-13-4-5-14-41(38)30-42)29-36(2)55-57-53(40-26-24-39(25-27-40)52-35-56-34-46-16-7-9-20-48(46)52)33-54(58-55)45-18-12-17-43(31-45)51-32-44-15-6-8-19-47(44)49-21-10-11-22-50(49)51/h3-35,54H,1-2H3,(H,57,58)/b36-29+,37-3+. The molecule has 0 saturated heterocycles. The fraction of sp³-hybridized carbons (Fsp3) is 0.0545. The first-order valence-corrected chi connectivity index (χ1v) is 19.9. The average Bonchev–Trinajstić information content (AvgIpc) is 3.30. The van der Waals surface area contributed by atoms with E-state index < -0.39 is 0 Å². The van der Waals surface area contributed by atoms with Gasteiger partial charge in [-0.25, -0.2) is 0 Å². The Balaban J connectivity index is 1.06. The van der Waals surface area contributed by atoms with Crippen molar-refractivity contribution in [3.63, 3.8) is 0 Å². The van der Waals surface area contributed by atoms with Crippen LogP contribution in [0.25, 0.3) is 76.6 Å². The fourth-order valence-electron chi connectivity index (χ4n) is 8.44. The number of nitrogens with zero attached hydrogens (tertiary/aromatic N) is 2. The zero-order valence-corrected chi connectivity index (χ0v) is 32.5. The largest absolute Gasteiger partial charge is 0.340 e. The average molecular weight is 744 g/mol. The third-order valence-corrected chi connectivity index (χ3v) is 11.5. The van der Waals surface area contributed by atoms with Crippen LogP contribution in [0.5, 0.6) is 0 Å². The second kappa shape index (κ2) is 14.9. The van der Waals surface area contributed by atoms with E-state index in [1.807, 2.05) is 12.4 Å². The molecule has 1 aliphatic rings. The van der Waals surface area contributed by atoms with Gasteiger partial charge >= 0.3 is 0 Å². The van der Waals surface area contributed by atoms with E-state index in [1.165, 1.54) is 54.4 Å². The van der Waals surface area contributed by atoms with E-state index in [0.29, 0.717) is 0 Å². The number of benzene rings is 8. The SMILES string of the molecule is C/C=C(\C=C(/C)C1=NC(c2cccc(-c3cc4ccccc4c4ccccc34)c2)C=C(c2ccc(-c3cncc4ccccc34)cc2)N1)c1ccc2ccccc2c1. The van der Waals surface area contributed by atoms with Crippen LogP contribution in [0.3, 0.4) is 0 Å². The Bertz CT molecular complexity index is 3160. The molecule has 3 nitrogen and oxygen atoms in total. The lowest BCUT2D eigenvalue weighted by atomic mass is 9.91. The van der Waals surface area contributed by atoms with E-state index in [1.54, 1.807) is 0 Å². The smallest absolute Gasteiger partial charge is 0.129 e. The van der Waals surface area contributed by atoms with Crippen LogP contribution in [-0.4, -0.2) is 10.8 Å². The Kier molecular flexibility index (Phi) is 9.04. The molecule has 2 heterocycles. The van der Waals surface area contributed by atoms with Gasteiger partial charge in [0.15, 0.2) is 0 Å². The highest BCUT2D eigenvalue weighted by molar-refractivity contribution is 6.14. The van der Waals surface area contributed by atoms with E-state index in [4.69, 9.17) is 4.99 Å². The van der Waals surface area contributed by atoms with E-state index in [0.717, 1.165) is 50.3 Å². The molecule has 0 bridgehead atoms. The molecule has 0 fully saturated rings. The summed E-state index contributed by atoms with van der Waals surface area (Å²) in [7, 11) is 0. The molecule has 0 amide bonds. The van der Waals surface area contributed by atoms with Gasteiger partial charge in [0.25, 0.3) is 0 Å². The van der Waals surface area contributed by atoms with Gasteiger partial charge in [-0.05, 0) is 126 Å². The molecule has 1 unspecified atom stereocenters. The molecule has 58 heavy (non-hydrogen) atoms. The Morgan fingerprint density at radius 3 is 2.03 bits per heavy atom. The number of pyridine rings is 1. The third kappa shape index (κ3) is 6.57. The second-order valence-electron chi connectivity index (χ2n) is 15.1. The summed E-state index contributed by atoms with van der Waals surface area (Å²) in [5.74, 6) is 0.853. The molecule has 0 spiro atoms. The molecule has 1 atom stereocenters. The summed E-state index contributed by atoms with van der Waals surface area (Å²) < 4.78 is 0. The minimum Gasteiger partial charge on any atom is -0.340 e. The van der Waals surface area contributed by atoms with Crippen molar-refractivity contribution >= 4 is 60.2 Å². The lowest BCUT2D eigenvalue weighted by Gasteiger charge is -2.24. The molecular weight excluding hydrogens is 703 g/mol. The second-order valence-corrected chi connectivity index (χ2v) is 15.1. The van der Waals surface area contributed by atoms with Crippen molar-refractivity contribution in [1.29, 1.82) is 0 Å². The highest BCUT2D eigenvalue weighted by Crippen LogP contribution is 2.38. The van der Waals surface area contributed by atoms with E-state index in [-0.39, 0.29) is 6.04 Å². The van der Waals surface area contributed by atoms with Gasteiger partial charge in [-0.1, -0.05) is 158 Å². The van der Waals surface area contributed by atoms with Gasteiger partial charge in [0.2, 0.25) is 0 Å². The molecule has 0 saturated carbocycles. The lowest BCUT2D eigenvalue weighted by Crippen LogP contribution is -2.27. The zero-order valence-electron chi connectivity index (χ0n) is 32.5. The van der Waals surface area contributed by atoms with Crippen LogP contribution in [0.2, 0.25) is 0 Å². The number of allylic oxidation sites excluding steroid dienone is 3. The summed E-state index contributed by atoms with van der Waals surface area (Å²) in [6.45, 7) is 4.26. The van der Waals surface area contributed by atoms with Gasteiger partial charge < -0.3 is 5.32 Å². The molecular formula is C55H41N3. The number of nitrogens with one attached hydrogen (secondary N) is 1. The topological polar surface area (TPSA) is 37.3 Å². The molecule has 10 rings (SSSR count). The Labute approximate surface area is 339 Å². The molecule has 1 aromatic heterocycles. The number of hydrogen-bond acceptors (Lipinski definition) is 3. The van der Waals surface area contributed by atoms with Crippen molar-refractivity contribution < 1.29 is 0 Å². The molecule has 1 aliphatic heterocycles. The number of rotatable bonds is 7. The van der Waals surface area contributed by atoms with Gasteiger partial charge in [-0.2, -0.15) is 0 Å². The van der Waals surface area contributed by atoms with Gasteiger partial charge in [0.1, 0.15) is 5.84 Å². The first-order chi connectivity index (χ1) is 28.6. The monoisotopic (exact) mass is 743 g/mol. The van der Waals surface area contributed by atoms with Crippen molar-refractivity contribution in [2.75, 3.05) is 0 Å². The maximum Gasteiger partial charge on any atom is 0.129 e. The van der Waals surface area contributed by atoms with Crippen LogP contribution >= 0.6 is 0 Å². The summed E-state index contributed by atoms with van der Waals surface area (Å²) in [4.78, 5) is 9.98. The van der Waals surface area contributed by atoms with Crippen LogP contribution in [0.15, 0.2) is 211 Å². The lowest BCUT2D eigenvalue weighted by molar-refractivity contribution is 0.879. The molecule has 0 radical (unpaired) electrons. The predicted octanol–water partition coefficient (Wildman–Crippen LogP) is 14.2. The predicted molar refractivity (Wildman–Crippen MR) is 247 cm³/mol. The summed E-state index contributed by atoms with van der Waals surface area (Å²) >= 11 is 0. The number of aromatic nitrogens is 1. The highest BCUT2D eigenvalue weighted by atomic mass is 15.0. The van der Waals surface area contributed by atoms with Gasteiger partial charge in [0.05, 0.1) is 6.04 Å². The molecule has 276 valence electrons. The van der Waals surface area contributed by atoms with Crippen LogP contribution in [0, 0.1) is 0 Å². The number of hydrogen-bond donors (Lipinski definition) is 1. The third-order valence-electron chi connectivity index (χ3n) is 11.5. The molecule has 3 heteroatoms. The van der Waals surface area contributed by atoms with E-state index in [9.17, 15) is 0 Å². The first-order valence-electron chi connectivity index (χ1n) is 19.9.